The zero-order chi connectivity index (χ0) is 24.7. The maximum Gasteiger partial charge on any atom is 0.451 e. The lowest BCUT2D eigenvalue weighted by Gasteiger charge is -2.41. The second-order valence-electron chi connectivity index (χ2n) is 8.25. The van der Waals surface area contributed by atoms with E-state index in [1.54, 1.807) is 23.2 Å². The molecule has 0 spiro atoms. The molecule has 1 unspecified atom stereocenters. The number of hydrogen-bond donors (Lipinski definition) is 1. The molecule has 0 saturated carbocycles. The molecule has 0 radical (unpaired) electrons. The first kappa shape index (κ1) is 22.7. The predicted molar refractivity (Wildman–Crippen MR) is 119 cm³/mol. The highest BCUT2D eigenvalue weighted by molar-refractivity contribution is 6.05. The van der Waals surface area contributed by atoms with Crippen LogP contribution >= 0.6 is 0 Å². The van der Waals surface area contributed by atoms with Crippen molar-refractivity contribution in [1.82, 2.24) is 24.9 Å². The van der Waals surface area contributed by atoms with Gasteiger partial charge in [-0.05, 0) is 25.3 Å². The average molecular weight is 486 g/mol. The van der Waals surface area contributed by atoms with Gasteiger partial charge in [0.25, 0.3) is 0 Å². The van der Waals surface area contributed by atoms with Crippen LogP contribution in [0.5, 0.6) is 11.6 Å². The van der Waals surface area contributed by atoms with E-state index in [4.69, 9.17) is 4.74 Å². The van der Waals surface area contributed by atoms with E-state index >= 15 is 0 Å². The van der Waals surface area contributed by atoms with E-state index in [-0.39, 0.29) is 23.6 Å². The number of rotatable bonds is 5. The highest BCUT2D eigenvalue weighted by Gasteiger charge is 2.39. The minimum absolute atomic E-state index is 0.0404. The van der Waals surface area contributed by atoms with Gasteiger partial charge in [-0.15, -0.1) is 0 Å². The van der Waals surface area contributed by atoms with Crippen molar-refractivity contribution in [3.63, 3.8) is 0 Å². The van der Waals surface area contributed by atoms with Crippen LogP contribution < -0.4 is 19.9 Å². The molecular formula is C22H21F3N8O2. The Balaban J connectivity index is 1.26. The van der Waals surface area contributed by atoms with Gasteiger partial charge in [-0.25, -0.2) is 19.9 Å². The standard InChI is InChI=1S/C22H21F3N8O2/c1-12-19(34)33-7-3-4-15-17(33)18(32(12)2)31-21(30-15)29-9-13-5-6-16(26-8-13)35-14-10-27-20(28-11-14)22(23,24)25/h5-6,8,10-12H,3-4,7,9H2,1-2H3,(H,29,30,31). The van der Waals surface area contributed by atoms with Crippen LogP contribution in [0.4, 0.5) is 30.6 Å². The number of nitrogens with one attached hydrogen (secondary N) is 1. The summed E-state index contributed by atoms with van der Waals surface area (Å²) in [6.07, 6.45) is 0.464. The van der Waals surface area contributed by atoms with E-state index in [9.17, 15) is 18.0 Å². The van der Waals surface area contributed by atoms with Crippen molar-refractivity contribution in [2.75, 3.05) is 28.7 Å². The maximum atomic E-state index is 12.7. The van der Waals surface area contributed by atoms with E-state index in [1.807, 2.05) is 18.9 Å². The Bertz CT molecular complexity index is 1250. The third kappa shape index (κ3) is 4.40. The number of hydrogen-bond acceptors (Lipinski definition) is 9. The SMILES string of the molecule is CC1C(=O)N2CCCc3nc(NCc4ccc(Oc5cnc(C(F)(F)F)nc5)nc4)nc(c32)N1C. The summed E-state index contributed by atoms with van der Waals surface area (Å²) in [5.74, 6) is 0.228. The molecule has 3 aromatic rings. The third-order valence-corrected chi connectivity index (χ3v) is 5.89. The smallest absolute Gasteiger partial charge is 0.436 e. The van der Waals surface area contributed by atoms with E-state index in [2.05, 4.69) is 30.2 Å². The van der Waals surface area contributed by atoms with Crippen LogP contribution in [0.25, 0.3) is 0 Å². The molecule has 2 aliphatic rings. The molecule has 0 saturated heterocycles. The molecule has 0 aliphatic carbocycles. The van der Waals surface area contributed by atoms with Crippen LogP contribution in [0.1, 0.15) is 30.4 Å². The van der Waals surface area contributed by atoms with Crippen molar-refractivity contribution in [3.8, 4) is 11.6 Å². The van der Waals surface area contributed by atoms with Crippen molar-refractivity contribution >= 4 is 23.4 Å². The summed E-state index contributed by atoms with van der Waals surface area (Å²) < 4.78 is 43.1. The van der Waals surface area contributed by atoms with Gasteiger partial charge in [0, 0.05) is 32.4 Å². The van der Waals surface area contributed by atoms with Crippen LogP contribution in [0.2, 0.25) is 0 Å². The lowest BCUT2D eigenvalue weighted by molar-refractivity contribution is -0.145. The number of amides is 1. The van der Waals surface area contributed by atoms with E-state index in [0.29, 0.717) is 19.0 Å². The fraction of sp³-hybridized carbons (Fsp3) is 0.364. The zero-order valence-electron chi connectivity index (χ0n) is 18.9. The number of carbonyl (C=O) groups is 1. The molecule has 182 valence electrons. The first-order valence-corrected chi connectivity index (χ1v) is 10.9. The Morgan fingerprint density at radius 3 is 2.60 bits per heavy atom. The molecule has 5 rings (SSSR count). The molecule has 13 heteroatoms. The second-order valence-corrected chi connectivity index (χ2v) is 8.25. The van der Waals surface area contributed by atoms with Crippen molar-refractivity contribution in [2.45, 2.75) is 38.5 Å². The van der Waals surface area contributed by atoms with Gasteiger partial charge in [0.2, 0.25) is 23.6 Å². The van der Waals surface area contributed by atoms with Crippen molar-refractivity contribution in [3.05, 3.63) is 47.8 Å². The summed E-state index contributed by atoms with van der Waals surface area (Å²) in [6.45, 7) is 2.92. The van der Waals surface area contributed by atoms with Gasteiger partial charge in [-0.3, -0.25) is 4.79 Å². The molecule has 2 aliphatic heterocycles. The number of aromatic nitrogens is 5. The molecule has 10 nitrogen and oxygen atoms in total. The number of alkyl halides is 3. The monoisotopic (exact) mass is 486 g/mol. The zero-order valence-corrected chi connectivity index (χ0v) is 18.9. The fourth-order valence-electron chi connectivity index (χ4n) is 3.97. The number of ether oxygens (including phenoxy) is 1. The van der Waals surface area contributed by atoms with E-state index in [1.165, 1.54) is 0 Å². The molecule has 35 heavy (non-hydrogen) atoms. The van der Waals surface area contributed by atoms with E-state index < -0.39 is 12.0 Å². The Morgan fingerprint density at radius 1 is 1.14 bits per heavy atom. The Labute approximate surface area is 198 Å². The number of pyridine rings is 1. The van der Waals surface area contributed by atoms with Gasteiger partial charge in [-0.2, -0.15) is 18.2 Å². The molecule has 3 aromatic heterocycles. The highest BCUT2D eigenvalue weighted by Crippen LogP contribution is 2.39. The number of likely N-dealkylation sites (N-methyl/N-ethyl adjacent to an activating group) is 1. The molecule has 0 fully saturated rings. The van der Waals surface area contributed by atoms with Gasteiger partial charge in [0.1, 0.15) is 11.7 Å². The van der Waals surface area contributed by atoms with E-state index in [0.717, 1.165) is 48.0 Å². The first-order valence-electron chi connectivity index (χ1n) is 10.9. The first-order chi connectivity index (χ1) is 16.7. The number of nitrogens with zero attached hydrogens (tertiary/aromatic N) is 7. The number of carbonyl (C=O) groups excluding carboxylic acids is 1. The minimum Gasteiger partial charge on any atom is -0.436 e. The molecule has 1 N–H and O–H groups in total. The van der Waals surface area contributed by atoms with Gasteiger partial charge in [0.15, 0.2) is 11.6 Å². The summed E-state index contributed by atoms with van der Waals surface area (Å²) in [4.78, 5) is 36.3. The molecule has 1 atom stereocenters. The highest BCUT2D eigenvalue weighted by atomic mass is 19.4. The summed E-state index contributed by atoms with van der Waals surface area (Å²) >= 11 is 0. The predicted octanol–water partition coefficient (Wildman–Crippen LogP) is 3.20. The lowest BCUT2D eigenvalue weighted by atomic mass is 10.0. The normalized spacial score (nSPS) is 17.3. The summed E-state index contributed by atoms with van der Waals surface area (Å²) in [5, 5.41) is 3.20. The number of halogens is 3. The third-order valence-electron chi connectivity index (χ3n) is 5.89. The largest absolute Gasteiger partial charge is 0.451 e. The number of aryl methyl sites for hydroxylation is 1. The molecule has 0 aromatic carbocycles. The summed E-state index contributed by atoms with van der Waals surface area (Å²) in [5.41, 5.74) is 2.45. The van der Waals surface area contributed by atoms with Crippen LogP contribution in [0.3, 0.4) is 0 Å². The van der Waals surface area contributed by atoms with Crippen LogP contribution in [0, 0.1) is 0 Å². The maximum absolute atomic E-state index is 12.7. The minimum atomic E-state index is -4.62. The summed E-state index contributed by atoms with van der Waals surface area (Å²) in [6, 6.07) is 3.05. The molecule has 1 amide bonds. The van der Waals surface area contributed by atoms with Gasteiger partial charge in [-0.1, -0.05) is 6.07 Å². The van der Waals surface area contributed by atoms with Crippen molar-refractivity contribution in [1.29, 1.82) is 0 Å². The van der Waals surface area contributed by atoms with Crippen LogP contribution in [-0.2, 0) is 23.9 Å². The number of anilines is 3. The average Bonchev–Trinajstić information content (AvgIpc) is 2.85. The summed E-state index contributed by atoms with van der Waals surface area (Å²) in [7, 11) is 1.85. The topological polar surface area (TPSA) is 109 Å². The van der Waals surface area contributed by atoms with Crippen molar-refractivity contribution in [2.24, 2.45) is 0 Å². The quantitative estimate of drug-likeness (QED) is 0.581. The van der Waals surface area contributed by atoms with Gasteiger partial charge in [0.05, 0.1) is 18.1 Å². The van der Waals surface area contributed by atoms with Crippen molar-refractivity contribution < 1.29 is 22.7 Å². The molecule has 5 heterocycles. The van der Waals surface area contributed by atoms with Crippen LogP contribution in [0.15, 0.2) is 30.7 Å². The van der Waals surface area contributed by atoms with Gasteiger partial charge < -0.3 is 19.9 Å². The molecule has 0 bridgehead atoms. The Hall–Kier alpha value is -4.03. The van der Waals surface area contributed by atoms with Crippen LogP contribution in [-0.4, -0.2) is 50.5 Å². The molecular weight excluding hydrogens is 465 g/mol. The Kier molecular flexibility index (Phi) is 5.61. The van der Waals surface area contributed by atoms with Gasteiger partial charge >= 0.3 is 6.18 Å². The lowest BCUT2D eigenvalue weighted by Crippen LogP contribution is -2.53. The Morgan fingerprint density at radius 2 is 1.91 bits per heavy atom. The second kappa shape index (κ2) is 8.64. The fourth-order valence-corrected chi connectivity index (χ4v) is 3.97.